The molecule has 1 rings (SSSR count). The molecule has 1 aliphatic rings. The standard InChI is InChI=1S/C70H115NO10/c1-4-7-10-13-16-19-22-24-26-28-29-30-31-32-33-34-36-37-39-42-45-48-51-54-57-63(74)69(78)71-61(62(73)56-53-50-47-44-41-21-18-15-12-9-6-3)60-79-70-68(67(77)66(76)64(59-72)80-70)81-65(75)58-55-52-49-46-43-40-38-35-27-25-23-20-17-14-11-8-5-2/h7,10,16-17,19-20,24-27,29-30,32-33,36-38,40,46,49,53,56,61-64,66-68,70,72-74,76-77H,4-6,8-9,11-15,18,21-23,28,31,34-35,39,41-45,47-48,50-52,54-55,57-60H2,1-3H3,(H,71,78)/b10-7-,19-16-,20-17-,26-24-,27-25-,30-29-,33-32-,37-36-,40-38-,49-46-,56-53+. The number of amides is 1. The summed E-state index contributed by atoms with van der Waals surface area (Å²) < 4.78 is 17.5. The molecule has 8 unspecified atom stereocenters. The van der Waals surface area contributed by atoms with Gasteiger partial charge in [-0.15, -0.1) is 0 Å². The smallest absolute Gasteiger partial charge is 0.306 e. The highest BCUT2D eigenvalue weighted by Gasteiger charge is 2.47. The van der Waals surface area contributed by atoms with E-state index in [1.807, 2.05) is 18.2 Å². The first-order valence-electron chi connectivity index (χ1n) is 32.0. The van der Waals surface area contributed by atoms with E-state index in [0.717, 1.165) is 122 Å². The van der Waals surface area contributed by atoms with E-state index in [1.54, 1.807) is 6.08 Å². The summed E-state index contributed by atoms with van der Waals surface area (Å²) in [5.41, 5.74) is 0. The minimum absolute atomic E-state index is 0.0385. The molecular weight excluding hydrogens is 1010 g/mol. The average molecular weight is 1130 g/mol. The fourth-order valence-electron chi connectivity index (χ4n) is 9.00. The van der Waals surface area contributed by atoms with Crippen molar-refractivity contribution in [1.82, 2.24) is 5.32 Å². The SMILES string of the molecule is CC/C=C\C/C=C\C/C=C\C/C=C\C/C=C\C/C=C\CCCCCCCC(O)C(=O)NC(COC1OC(CO)C(O)C(O)C1OC(=O)CCC/C=C\C/C=C\C/C=C\C/C=C\CCCCC)C(O)/C=C/CCCCCCCCCCC. The van der Waals surface area contributed by atoms with Crippen LogP contribution in [0.2, 0.25) is 0 Å². The summed E-state index contributed by atoms with van der Waals surface area (Å²) in [6, 6.07) is -1.05. The summed E-state index contributed by atoms with van der Waals surface area (Å²) in [6.07, 6.45) is 69.2. The van der Waals surface area contributed by atoms with Crippen molar-refractivity contribution in [1.29, 1.82) is 0 Å². The molecule has 0 aromatic carbocycles. The number of aliphatic hydroxyl groups excluding tert-OH is 5. The summed E-state index contributed by atoms with van der Waals surface area (Å²) in [5.74, 6) is -1.28. The molecule has 0 aliphatic carbocycles. The molecular formula is C70H115NO10. The Hall–Kier alpha value is -4.20. The number of nitrogens with one attached hydrogen (secondary N) is 1. The Morgan fingerprint density at radius 3 is 1.36 bits per heavy atom. The number of unbranched alkanes of at least 4 members (excludes halogenated alkanes) is 18. The topological polar surface area (TPSA) is 175 Å². The first kappa shape index (κ1) is 74.8. The Balaban J connectivity index is 2.69. The zero-order valence-corrected chi connectivity index (χ0v) is 50.8. The molecule has 1 saturated heterocycles. The summed E-state index contributed by atoms with van der Waals surface area (Å²) >= 11 is 0. The highest BCUT2D eigenvalue weighted by molar-refractivity contribution is 5.80. The van der Waals surface area contributed by atoms with Crippen molar-refractivity contribution in [2.45, 2.75) is 282 Å². The largest absolute Gasteiger partial charge is 0.454 e. The van der Waals surface area contributed by atoms with Gasteiger partial charge >= 0.3 is 5.97 Å². The van der Waals surface area contributed by atoms with E-state index in [4.69, 9.17) is 14.2 Å². The maximum absolute atomic E-state index is 13.4. The average Bonchev–Trinajstić information content (AvgIpc) is 3.50. The van der Waals surface area contributed by atoms with E-state index in [2.05, 4.69) is 135 Å². The normalized spacial score (nSPS) is 19.6. The van der Waals surface area contributed by atoms with Crippen LogP contribution in [-0.4, -0.2) is 99.6 Å². The number of carbonyl (C=O) groups excluding carboxylic acids is 2. The number of carbonyl (C=O) groups is 2. The summed E-state index contributed by atoms with van der Waals surface area (Å²) in [6.45, 7) is 5.59. The lowest BCUT2D eigenvalue weighted by Crippen LogP contribution is -2.61. The Morgan fingerprint density at radius 1 is 0.494 bits per heavy atom. The first-order chi connectivity index (χ1) is 39.7. The molecule has 11 heteroatoms. The Kier molecular flexibility index (Phi) is 52.0. The van der Waals surface area contributed by atoms with Gasteiger partial charge in [-0.05, 0) is 116 Å². The van der Waals surface area contributed by atoms with E-state index in [1.165, 1.54) is 57.8 Å². The highest BCUT2D eigenvalue weighted by atomic mass is 16.7. The van der Waals surface area contributed by atoms with Crippen molar-refractivity contribution >= 4 is 11.9 Å². The molecule has 1 fully saturated rings. The van der Waals surface area contributed by atoms with Crippen LogP contribution in [0.4, 0.5) is 0 Å². The van der Waals surface area contributed by atoms with E-state index < -0.39 is 67.4 Å². The van der Waals surface area contributed by atoms with Gasteiger partial charge in [0.25, 0.3) is 0 Å². The quantitative estimate of drug-likeness (QED) is 0.0195. The van der Waals surface area contributed by atoms with Gasteiger partial charge in [0.1, 0.15) is 24.4 Å². The predicted molar refractivity (Wildman–Crippen MR) is 337 cm³/mol. The van der Waals surface area contributed by atoms with Crippen LogP contribution in [0.1, 0.15) is 233 Å². The molecule has 0 radical (unpaired) electrons. The third kappa shape index (κ3) is 44.1. The van der Waals surface area contributed by atoms with Gasteiger partial charge in [0.2, 0.25) is 5.91 Å². The second-order valence-electron chi connectivity index (χ2n) is 21.4. The molecule has 6 N–H and O–H groups in total. The second kappa shape index (κ2) is 56.3. The monoisotopic (exact) mass is 1130 g/mol. The number of hydrogen-bond donors (Lipinski definition) is 6. The van der Waals surface area contributed by atoms with Crippen molar-refractivity contribution in [2.24, 2.45) is 0 Å². The third-order valence-corrected chi connectivity index (χ3v) is 14.0. The van der Waals surface area contributed by atoms with Gasteiger partial charge < -0.3 is 45.1 Å². The molecule has 0 saturated carbocycles. The first-order valence-corrected chi connectivity index (χ1v) is 32.0. The summed E-state index contributed by atoms with van der Waals surface area (Å²) in [7, 11) is 0. The van der Waals surface area contributed by atoms with E-state index in [0.29, 0.717) is 19.3 Å². The third-order valence-electron chi connectivity index (χ3n) is 14.0. The van der Waals surface area contributed by atoms with Crippen molar-refractivity contribution in [3.63, 3.8) is 0 Å². The van der Waals surface area contributed by atoms with Crippen molar-refractivity contribution in [2.75, 3.05) is 13.2 Å². The molecule has 11 nitrogen and oxygen atoms in total. The zero-order chi connectivity index (χ0) is 58.9. The molecule has 1 aliphatic heterocycles. The molecule has 1 amide bonds. The number of allylic oxidation sites excluding steroid dienone is 21. The molecule has 0 spiro atoms. The number of hydrogen-bond acceptors (Lipinski definition) is 10. The number of ether oxygens (including phenoxy) is 3. The minimum atomic E-state index is -1.65. The van der Waals surface area contributed by atoms with Gasteiger partial charge in [0.15, 0.2) is 12.4 Å². The Labute approximate surface area is 493 Å². The fourth-order valence-corrected chi connectivity index (χ4v) is 9.00. The maximum Gasteiger partial charge on any atom is 0.306 e. The molecule has 1 heterocycles. The van der Waals surface area contributed by atoms with Gasteiger partial charge in [0.05, 0.1) is 25.4 Å². The lowest BCUT2D eigenvalue weighted by molar-refractivity contribution is -0.305. The second-order valence-corrected chi connectivity index (χ2v) is 21.4. The van der Waals surface area contributed by atoms with E-state index in [9.17, 15) is 35.1 Å². The highest BCUT2D eigenvalue weighted by Crippen LogP contribution is 2.26. The van der Waals surface area contributed by atoms with Crippen LogP contribution >= 0.6 is 0 Å². The van der Waals surface area contributed by atoms with Crippen LogP contribution in [-0.2, 0) is 23.8 Å². The van der Waals surface area contributed by atoms with Crippen molar-refractivity contribution in [3.05, 3.63) is 134 Å². The number of aliphatic hydroxyl groups is 5. The summed E-state index contributed by atoms with van der Waals surface area (Å²) in [4.78, 5) is 26.5. The number of esters is 1. The lowest BCUT2D eigenvalue weighted by Gasteiger charge is -2.41. The van der Waals surface area contributed by atoms with Gasteiger partial charge in [-0.1, -0.05) is 244 Å². The van der Waals surface area contributed by atoms with E-state index in [-0.39, 0.29) is 19.4 Å². The van der Waals surface area contributed by atoms with Crippen LogP contribution in [0, 0.1) is 0 Å². The van der Waals surface area contributed by atoms with E-state index >= 15 is 0 Å². The molecule has 0 aromatic rings. The van der Waals surface area contributed by atoms with Crippen LogP contribution < -0.4 is 5.32 Å². The van der Waals surface area contributed by atoms with Gasteiger partial charge in [-0.2, -0.15) is 0 Å². The Morgan fingerprint density at radius 2 is 0.889 bits per heavy atom. The van der Waals surface area contributed by atoms with Gasteiger partial charge in [-0.25, -0.2) is 0 Å². The molecule has 0 bridgehead atoms. The molecule has 8 atom stereocenters. The fraction of sp³-hybridized carbons (Fsp3) is 0.657. The zero-order valence-electron chi connectivity index (χ0n) is 50.8. The molecule has 0 aromatic heterocycles. The van der Waals surface area contributed by atoms with Crippen molar-refractivity contribution < 1.29 is 49.3 Å². The predicted octanol–water partition coefficient (Wildman–Crippen LogP) is 15.6. The van der Waals surface area contributed by atoms with Crippen LogP contribution in [0.25, 0.3) is 0 Å². The van der Waals surface area contributed by atoms with Gasteiger partial charge in [-0.3, -0.25) is 9.59 Å². The van der Waals surface area contributed by atoms with Gasteiger partial charge in [0, 0.05) is 6.42 Å². The van der Waals surface area contributed by atoms with Crippen LogP contribution in [0.3, 0.4) is 0 Å². The van der Waals surface area contributed by atoms with Crippen LogP contribution in [0.15, 0.2) is 134 Å². The number of rotatable bonds is 52. The molecule has 81 heavy (non-hydrogen) atoms. The molecule has 460 valence electrons. The minimum Gasteiger partial charge on any atom is -0.454 e. The lowest BCUT2D eigenvalue weighted by atomic mass is 9.99. The summed E-state index contributed by atoms with van der Waals surface area (Å²) in [5, 5.41) is 57.0. The van der Waals surface area contributed by atoms with Crippen molar-refractivity contribution in [3.8, 4) is 0 Å². The Bertz CT molecular complexity index is 1830. The maximum atomic E-state index is 13.4. The van der Waals surface area contributed by atoms with Crippen LogP contribution in [0.5, 0.6) is 0 Å².